The number of carbonyl (C=O) groups excluding carboxylic acids is 1. The molecule has 1 aromatic carbocycles. The Hall–Kier alpha value is -2.46. The van der Waals surface area contributed by atoms with Crippen molar-refractivity contribution in [2.75, 3.05) is 7.11 Å². The van der Waals surface area contributed by atoms with Gasteiger partial charge < -0.3 is 9.72 Å². The first-order chi connectivity index (χ1) is 8.76. The highest BCUT2D eigenvalue weighted by Gasteiger charge is 2.19. The van der Waals surface area contributed by atoms with Gasteiger partial charge in [0.25, 0.3) is 0 Å². The number of nitrogens with one attached hydrogen (secondary N) is 1. The van der Waals surface area contributed by atoms with Crippen molar-refractivity contribution < 1.29 is 9.53 Å². The molecule has 0 bridgehead atoms. The molecule has 0 saturated heterocycles. The second-order valence-electron chi connectivity index (χ2n) is 3.81. The Labute approximate surface area is 103 Å². The van der Waals surface area contributed by atoms with E-state index in [1.54, 1.807) is 0 Å². The van der Waals surface area contributed by atoms with Gasteiger partial charge in [0.15, 0.2) is 0 Å². The first-order valence-electron chi connectivity index (χ1n) is 5.43. The van der Waals surface area contributed by atoms with Crippen LogP contribution in [0, 0.1) is 0 Å². The zero-order valence-corrected chi connectivity index (χ0v) is 9.83. The molecular weight excluding hydrogens is 232 g/mol. The number of hydrogen-bond acceptors (Lipinski definition) is 3. The van der Waals surface area contributed by atoms with Crippen molar-refractivity contribution in [1.29, 1.82) is 0 Å². The molecule has 1 aromatic heterocycles. The monoisotopic (exact) mass is 244 g/mol. The molecule has 0 spiro atoms. The summed E-state index contributed by atoms with van der Waals surface area (Å²) >= 11 is 0. The van der Waals surface area contributed by atoms with Crippen molar-refractivity contribution in [3.8, 4) is 0 Å². The third-order valence-corrected chi connectivity index (χ3v) is 2.75. The SMILES string of the molecule is COC(=O)C(Cc1c[nH]c2ccccc12)N=[N+]=[N-]. The highest BCUT2D eigenvalue weighted by molar-refractivity contribution is 5.84. The van der Waals surface area contributed by atoms with Crippen LogP contribution >= 0.6 is 0 Å². The third kappa shape index (κ3) is 2.28. The van der Waals surface area contributed by atoms with Crippen LogP contribution in [0.2, 0.25) is 0 Å². The summed E-state index contributed by atoms with van der Waals surface area (Å²) in [5.74, 6) is -0.530. The topological polar surface area (TPSA) is 90.9 Å². The Balaban J connectivity index is 2.31. The van der Waals surface area contributed by atoms with Gasteiger partial charge in [-0.2, -0.15) is 0 Å². The predicted octanol–water partition coefficient (Wildman–Crippen LogP) is 2.56. The van der Waals surface area contributed by atoms with E-state index in [1.807, 2.05) is 30.5 Å². The Morgan fingerprint density at radius 3 is 3.06 bits per heavy atom. The van der Waals surface area contributed by atoms with E-state index in [2.05, 4.69) is 19.7 Å². The number of ether oxygens (including phenoxy) is 1. The van der Waals surface area contributed by atoms with Gasteiger partial charge >= 0.3 is 5.97 Å². The van der Waals surface area contributed by atoms with E-state index in [0.717, 1.165) is 16.5 Å². The minimum atomic E-state index is -0.834. The number of H-pyrrole nitrogens is 1. The average molecular weight is 244 g/mol. The van der Waals surface area contributed by atoms with Crippen LogP contribution < -0.4 is 0 Å². The Morgan fingerprint density at radius 2 is 2.33 bits per heavy atom. The van der Waals surface area contributed by atoms with Gasteiger partial charge in [-0.1, -0.05) is 23.3 Å². The number of fused-ring (bicyclic) bond motifs is 1. The van der Waals surface area contributed by atoms with Gasteiger partial charge in [-0.05, 0) is 23.6 Å². The predicted molar refractivity (Wildman–Crippen MR) is 67.0 cm³/mol. The number of rotatable bonds is 4. The zero-order valence-electron chi connectivity index (χ0n) is 9.83. The normalized spacial score (nSPS) is 11.8. The molecular formula is C12H12N4O2. The molecule has 0 aliphatic carbocycles. The molecule has 18 heavy (non-hydrogen) atoms. The van der Waals surface area contributed by atoms with Gasteiger partial charge in [-0.3, -0.25) is 4.79 Å². The number of azide groups is 1. The van der Waals surface area contributed by atoms with E-state index in [-0.39, 0.29) is 0 Å². The van der Waals surface area contributed by atoms with Gasteiger partial charge in [0.05, 0.1) is 7.11 Å². The number of hydrogen-bond donors (Lipinski definition) is 1. The number of para-hydroxylation sites is 1. The maximum absolute atomic E-state index is 11.5. The van der Waals surface area contributed by atoms with Crippen LogP contribution in [0.3, 0.4) is 0 Å². The van der Waals surface area contributed by atoms with E-state index >= 15 is 0 Å². The maximum atomic E-state index is 11.5. The smallest absolute Gasteiger partial charge is 0.314 e. The Kier molecular flexibility index (Phi) is 3.50. The largest absolute Gasteiger partial charge is 0.469 e. The molecule has 6 nitrogen and oxygen atoms in total. The molecule has 0 aliphatic heterocycles. The molecule has 0 amide bonds. The first kappa shape index (κ1) is 12.0. The van der Waals surface area contributed by atoms with Crippen molar-refractivity contribution in [3.05, 3.63) is 46.5 Å². The summed E-state index contributed by atoms with van der Waals surface area (Å²) in [4.78, 5) is 17.3. The van der Waals surface area contributed by atoms with E-state index < -0.39 is 12.0 Å². The highest BCUT2D eigenvalue weighted by Crippen LogP contribution is 2.20. The summed E-state index contributed by atoms with van der Waals surface area (Å²) in [6.07, 6.45) is 2.13. The van der Waals surface area contributed by atoms with E-state index in [9.17, 15) is 4.79 Å². The molecule has 2 aromatic rings. The fraction of sp³-hybridized carbons (Fsp3) is 0.250. The molecule has 1 atom stereocenters. The lowest BCUT2D eigenvalue weighted by atomic mass is 10.1. The molecule has 1 N–H and O–H groups in total. The van der Waals surface area contributed by atoms with Crippen molar-refractivity contribution in [2.24, 2.45) is 5.11 Å². The molecule has 0 saturated carbocycles. The number of aromatic nitrogens is 1. The molecule has 0 radical (unpaired) electrons. The summed E-state index contributed by atoms with van der Waals surface area (Å²) in [5, 5.41) is 4.48. The van der Waals surface area contributed by atoms with Crippen LogP contribution in [0.25, 0.3) is 21.3 Å². The zero-order chi connectivity index (χ0) is 13.0. The van der Waals surface area contributed by atoms with E-state index in [4.69, 9.17) is 5.53 Å². The number of carbonyl (C=O) groups is 1. The van der Waals surface area contributed by atoms with Crippen LogP contribution in [-0.4, -0.2) is 24.1 Å². The third-order valence-electron chi connectivity index (χ3n) is 2.75. The molecule has 1 heterocycles. The summed E-state index contributed by atoms with van der Waals surface area (Å²) < 4.78 is 4.61. The van der Waals surface area contributed by atoms with Gasteiger partial charge in [-0.15, -0.1) is 0 Å². The van der Waals surface area contributed by atoms with Crippen LogP contribution in [-0.2, 0) is 16.0 Å². The number of benzene rings is 1. The standard InChI is InChI=1S/C12H12N4O2/c1-18-12(17)11(15-16-13)6-8-7-14-10-5-3-2-4-9(8)10/h2-5,7,11,14H,6H2,1H3. The lowest BCUT2D eigenvalue weighted by Gasteiger charge is -2.07. The van der Waals surface area contributed by atoms with Crippen molar-refractivity contribution in [2.45, 2.75) is 12.5 Å². The summed E-state index contributed by atoms with van der Waals surface area (Å²) in [7, 11) is 1.28. The van der Waals surface area contributed by atoms with Crippen molar-refractivity contribution in [1.82, 2.24) is 4.98 Å². The fourth-order valence-electron chi connectivity index (χ4n) is 1.88. The molecule has 1 unspecified atom stereocenters. The molecule has 92 valence electrons. The second kappa shape index (κ2) is 5.25. The summed E-state index contributed by atoms with van der Waals surface area (Å²) in [6, 6.07) is 6.90. The number of methoxy groups -OCH3 is 1. The highest BCUT2D eigenvalue weighted by atomic mass is 16.5. The van der Waals surface area contributed by atoms with Gasteiger partial charge in [0, 0.05) is 22.0 Å². The van der Waals surface area contributed by atoms with Gasteiger partial charge in [0.1, 0.15) is 6.04 Å². The van der Waals surface area contributed by atoms with Crippen LogP contribution in [0.1, 0.15) is 5.56 Å². The number of nitrogens with zero attached hydrogens (tertiary/aromatic N) is 3. The van der Waals surface area contributed by atoms with E-state index in [0.29, 0.717) is 6.42 Å². The molecule has 0 fully saturated rings. The fourth-order valence-corrected chi connectivity index (χ4v) is 1.88. The lowest BCUT2D eigenvalue weighted by molar-refractivity contribution is -0.142. The summed E-state index contributed by atoms with van der Waals surface area (Å²) in [6.45, 7) is 0. The maximum Gasteiger partial charge on any atom is 0.314 e. The van der Waals surface area contributed by atoms with Gasteiger partial charge in [-0.25, -0.2) is 0 Å². The number of aromatic amines is 1. The Morgan fingerprint density at radius 1 is 1.56 bits per heavy atom. The average Bonchev–Trinajstić information content (AvgIpc) is 2.81. The second-order valence-corrected chi connectivity index (χ2v) is 3.81. The van der Waals surface area contributed by atoms with E-state index in [1.165, 1.54) is 7.11 Å². The van der Waals surface area contributed by atoms with Crippen molar-refractivity contribution >= 4 is 16.9 Å². The molecule has 2 rings (SSSR count). The quantitative estimate of drug-likeness (QED) is 0.387. The van der Waals surface area contributed by atoms with Crippen LogP contribution in [0.5, 0.6) is 0 Å². The van der Waals surface area contributed by atoms with Crippen LogP contribution in [0.4, 0.5) is 0 Å². The van der Waals surface area contributed by atoms with Crippen LogP contribution in [0.15, 0.2) is 35.6 Å². The molecule has 6 heteroatoms. The number of esters is 1. The molecule has 0 aliphatic rings. The lowest BCUT2D eigenvalue weighted by Crippen LogP contribution is -2.21. The minimum Gasteiger partial charge on any atom is -0.469 e. The Bertz CT molecular complexity index is 613. The first-order valence-corrected chi connectivity index (χ1v) is 5.43. The summed E-state index contributed by atoms with van der Waals surface area (Å²) in [5.41, 5.74) is 10.4. The van der Waals surface area contributed by atoms with Gasteiger partial charge in [0.2, 0.25) is 0 Å². The van der Waals surface area contributed by atoms with Crippen molar-refractivity contribution in [3.63, 3.8) is 0 Å². The minimum absolute atomic E-state index is 0.320.